The summed E-state index contributed by atoms with van der Waals surface area (Å²) in [6, 6.07) is 6.83. The predicted octanol–water partition coefficient (Wildman–Crippen LogP) is 4.52. The molecule has 0 N–H and O–H groups in total. The first-order valence-corrected chi connectivity index (χ1v) is 7.77. The van der Waals surface area contributed by atoms with Gasteiger partial charge in [0.15, 0.2) is 0 Å². The second-order valence-corrected chi connectivity index (χ2v) is 5.65. The molecule has 1 fully saturated rings. The average molecular weight is 296 g/mol. The fourth-order valence-electron chi connectivity index (χ4n) is 2.74. The minimum atomic E-state index is 0.950. The first-order valence-electron chi connectivity index (χ1n) is 6.65. The van der Waals surface area contributed by atoms with Crippen molar-refractivity contribution < 1.29 is 0 Å². The SMILES string of the molecule is CCC1CCN(c2ccc(CBr)cc2C)CC1. The monoisotopic (exact) mass is 295 g/mol. The van der Waals surface area contributed by atoms with Gasteiger partial charge in [0.1, 0.15) is 0 Å². The van der Waals surface area contributed by atoms with Crippen LogP contribution in [0.3, 0.4) is 0 Å². The fraction of sp³-hybridized carbons (Fsp3) is 0.600. The summed E-state index contributed by atoms with van der Waals surface area (Å²) < 4.78 is 0. The van der Waals surface area contributed by atoms with Crippen LogP contribution in [0, 0.1) is 12.8 Å². The van der Waals surface area contributed by atoms with Gasteiger partial charge in [0, 0.05) is 24.1 Å². The molecule has 2 heteroatoms. The molecule has 1 saturated heterocycles. The molecule has 0 spiro atoms. The summed E-state index contributed by atoms with van der Waals surface area (Å²) >= 11 is 3.52. The third-order valence-corrected chi connectivity index (χ3v) is 4.60. The Labute approximate surface area is 113 Å². The molecule has 0 radical (unpaired) electrons. The van der Waals surface area contributed by atoms with Crippen LogP contribution in [-0.4, -0.2) is 13.1 Å². The van der Waals surface area contributed by atoms with E-state index in [1.807, 2.05) is 0 Å². The van der Waals surface area contributed by atoms with Gasteiger partial charge < -0.3 is 4.90 Å². The number of piperidine rings is 1. The summed E-state index contributed by atoms with van der Waals surface area (Å²) in [6.45, 7) is 7.00. The van der Waals surface area contributed by atoms with Gasteiger partial charge in [0.25, 0.3) is 0 Å². The van der Waals surface area contributed by atoms with Crippen molar-refractivity contribution in [3.05, 3.63) is 29.3 Å². The van der Waals surface area contributed by atoms with Crippen molar-refractivity contribution in [2.45, 2.75) is 38.4 Å². The van der Waals surface area contributed by atoms with E-state index < -0.39 is 0 Å². The third kappa shape index (κ3) is 3.04. The summed E-state index contributed by atoms with van der Waals surface area (Å²) in [5.74, 6) is 0.952. The maximum atomic E-state index is 3.52. The first-order chi connectivity index (χ1) is 8.24. The molecule has 0 aliphatic carbocycles. The van der Waals surface area contributed by atoms with E-state index in [4.69, 9.17) is 0 Å². The van der Waals surface area contributed by atoms with E-state index in [2.05, 4.69) is 52.9 Å². The number of hydrogen-bond donors (Lipinski definition) is 0. The number of alkyl halides is 1. The van der Waals surface area contributed by atoms with Crippen LogP contribution in [0.1, 0.15) is 37.3 Å². The standard InChI is InChI=1S/C15H22BrN/c1-3-13-6-8-17(9-7-13)15-5-4-14(11-16)10-12(15)2/h4-5,10,13H,3,6-9,11H2,1-2H3. The summed E-state index contributed by atoms with van der Waals surface area (Å²) in [6.07, 6.45) is 4.06. The molecule has 94 valence electrons. The highest BCUT2D eigenvalue weighted by molar-refractivity contribution is 9.08. The van der Waals surface area contributed by atoms with Gasteiger partial charge in [-0.25, -0.2) is 0 Å². The Morgan fingerprint density at radius 1 is 1.29 bits per heavy atom. The number of benzene rings is 1. The highest BCUT2D eigenvalue weighted by Gasteiger charge is 2.18. The second-order valence-electron chi connectivity index (χ2n) is 5.09. The fourth-order valence-corrected chi connectivity index (χ4v) is 3.09. The van der Waals surface area contributed by atoms with Crippen molar-refractivity contribution >= 4 is 21.6 Å². The van der Waals surface area contributed by atoms with Crippen molar-refractivity contribution in [1.82, 2.24) is 0 Å². The largest absolute Gasteiger partial charge is 0.371 e. The molecular formula is C15H22BrN. The van der Waals surface area contributed by atoms with E-state index in [1.54, 1.807) is 0 Å². The lowest BCUT2D eigenvalue weighted by Crippen LogP contribution is -2.33. The smallest absolute Gasteiger partial charge is 0.0396 e. The summed E-state index contributed by atoms with van der Waals surface area (Å²) in [5, 5.41) is 0.950. The lowest BCUT2D eigenvalue weighted by Gasteiger charge is -2.34. The van der Waals surface area contributed by atoms with E-state index in [0.717, 1.165) is 11.2 Å². The number of aryl methyl sites for hydroxylation is 1. The Morgan fingerprint density at radius 2 is 2.00 bits per heavy atom. The van der Waals surface area contributed by atoms with Gasteiger partial charge in [0.2, 0.25) is 0 Å². The normalized spacial score (nSPS) is 17.5. The predicted molar refractivity (Wildman–Crippen MR) is 79.0 cm³/mol. The third-order valence-electron chi connectivity index (χ3n) is 3.95. The van der Waals surface area contributed by atoms with Gasteiger partial charge in [-0.05, 0) is 42.9 Å². The van der Waals surface area contributed by atoms with E-state index >= 15 is 0 Å². The van der Waals surface area contributed by atoms with Gasteiger partial charge in [-0.1, -0.05) is 41.4 Å². The zero-order valence-electron chi connectivity index (χ0n) is 10.9. The van der Waals surface area contributed by atoms with Gasteiger partial charge in [-0.15, -0.1) is 0 Å². The molecule has 17 heavy (non-hydrogen) atoms. The first kappa shape index (κ1) is 12.9. The van der Waals surface area contributed by atoms with Crippen LogP contribution in [0.2, 0.25) is 0 Å². The lowest BCUT2D eigenvalue weighted by atomic mass is 9.93. The van der Waals surface area contributed by atoms with Crippen LogP contribution in [0.4, 0.5) is 5.69 Å². The summed E-state index contributed by atoms with van der Waals surface area (Å²) in [7, 11) is 0. The molecule has 1 aromatic rings. The van der Waals surface area contributed by atoms with Gasteiger partial charge >= 0.3 is 0 Å². The van der Waals surface area contributed by atoms with Crippen molar-refractivity contribution in [3.63, 3.8) is 0 Å². The Balaban J connectivity index is 2.08. The Hall–Kier alpha value is -0.500. The number of rotatable bonds is 3. The van der Waals surface area contributed by atoms with Crippen LogP contribution < -0.4 is 4.90 Å². The van der Waals surface area contributed by atoms with Gasteiger partial charge in [-0.2, -0.15) is 0 Å². The second kappa shape index (κ2) is 5.90. The number of hydrogen-bond acceptors (Lipinski definition) is 1. The highest BCUT2D eigenvalue weighted by Crippen LogP contribution is 2.28. The Kier molecular flexibility index (Phi) is 4.49. The Morgan fingerprint density at radius 3 is 2.53 bits per heavy atom. The van der Waals surface area contributed by atoms with Crippen LogP contribution in [0.5, 0.6) is 0 Å². The molecule has 0 aromatic heterocycles. The average Bonchev–Trinajstić information content (AvgIpc) is 2.39. The van der Waals surface area contributed by atoms with Gasteiger partial charge in [-0.3, -0.25) is 0 Å². The van der Waals surface area contributed by atoms with Gasteiger partial charge in [0.05, 0.1) is 0 Å². The maximum Gasteiger partial charge on any atom is 0.0396 e. The number of anilines is 1. The van der Waals surface area contributed by atoms with Crippen molar-refractivity contribution in [2.24, 2.45) is 5.92 Å². The molecule has 1 aromatic carbocycles. The van der Waals surface area contributed by atoms with Crippen LogP contribution in [0.25, 0.3) is 0 Å². The molecule has 0 unspecified atom stereocenters. The van der Waals surface area contributed by atoms with E-state index in [0.29, 0.717) is 0 Å². The molecule has 0 amide bonds. The molecular weight excluding hydrogens is 274 g/mol. The molecule has 1 nitrogen and oxygen atoms in total. The Bertz CT molecular complexity index is 367. The lowest BCUT2D eigenvalue weighted by molar-refractivity contribution is 0.395. The zero-order valence-corrected chi connectivity index (χ0v) is 12.5. The van der Waals surface area contributed by atoms with Crippen LogP contribution in [0.15, 0.2) is 18.2 Å². The highest BCUT2D eigenvalue weighted by atomic mass is 79.9. The van der Waals surface area contributed by atoms with E-state index in [-0.39, 0.29) is 0 Å². The molecule has 0 bridgehead atoms. The number of halogens is 1. The number of nitrogens with zero attached hydrogens (tertiary/aromatic N) is 1. The maximum absolute atomic E-state index is 3.52. The molecule has 0 atom stereocenters. The topological polar surface area (TPSA) is 3.24 Å². The van der Waals surface area contributed by atoms with E-state index in [9.17, 15) is 0 Å². The summed E-state index contributed by atoms with van der Waals surface area (Å²) in [5.41, 5.74) is 4.22. The minimum Gasteiger partial charge on any atom is -0.371 e. The van der Waals surface area contributed by atoms with Crippen LogP contribution >= 0.6 is 15.9 Å². The molecule has 1 aliphatic heterocycles. The van der Waals surface area contributed by atoms with Crippen molar-refractivity contribution in [2.75, 3.05) is 18.0 Å². The molecule has 2 rings (SSSR count). The zero-order chi connectivity index (χ0) is 12.3. The molecule has 1 aliphatic rings. The van der Waals surface area contributed by atoms with Crippen LogP contribution in [-0.2, 0) is 5.33 Å². The quantitative estimate of drug-likeness (QED) is 0.741. The van der Waals surface area contributed by atoms with E-state index in [1.165, 1.54) is 49.2 Å². The summed E-state index contributed by atoms with van der Waals surface area (Å²) in [4.78, 5) is 2.56. The van der Waals surface area contributed by atoms with Crippen molar-refractivity contribution in [3.8, 4) is 0 Å². The minimum absolute atomic E-state index is 0.950. The van der Waals surface area contributed by atoms with Crippen molar-refractivity contribution in [1.29, 1.82) is 0 Å². The molecule has 1 heterocycles. The molecule has 0 saturated carbocycles.